The van der Waals surface area contributed by atoms with Crippen LogP contribution in [0.5, 0.6) is 5.75 Å². The van der Waals surface area contributed by atoms with Gasteiger partial charge in [-0.15, -0.1) is 0 Å². The summed E-state index contributed by atoms with van der Waals surface area (Å²) in [6.45, 7) is 3.61. The summed E-state index contributed by atoms with van der Waals surface area (Å²) in [5, 5.41) is 13.8. The molecule has 8 nitrogen and oxygen atoms in total. The number of nitro groups is 1. The quantitative estimate of drug-likeness (QED) is 0.419. The summed E-state index contributed by atoms with van der Waals surface area (Å²) in [6.07, 6.45) is 0.915. The predicted molar refractivity (Wildman–Crippen MR) is 104 cm³/mol. The van der Waals surface area contributed by atoms with Crippen LogP contribution >= 0.6 is 0 Å². The molecule has 0 heterocycles. The first kappa shape index (κ1) is 20.9. The highest BCUT2D eigenvalue weighted by Gasteiger charge is 2.20. The maximum atomic E-state index is 12.2. The lowest BCUT2D eigenvalue weighted by Gasteiger charge is -2.15. The molecular weight excluding hydrogens is 364 g/mol. The monoisotopic (exact) mass is 386 g/mol. The maximum absolute atomic E-state index is 12.2. The third-order valence-corrected chi connectivity index (χ3v) is 4.32. The van der Waals surface area contributed by atoms with E-state index in [-0.39, 0.29) is 22.9 Å². The standard InChI is InChI=1S/C20H22N2O6/c1-4-13(2)15-7-5-6-8-16(15)21-19(23)12-28-20(24)14-9-10-18(27-3)17(11-14)22(25)26/h5-11,13H,4,12H2,1-3H3,(H,21,23)/t13-/m0/s1. The molecule has 0 aliphatic rings. The zero-order valence-electron chi connectivity index (χ0n) is 15.9. The van der Waals surface area contributed by atoms with Gasteiger partial charge in [-0.1, -0.05) is 32.0 Å². The van der Waals surface area contributed by atoms with E-state index in [9.17, 15) is 19.7 Å². The van der Waals surface area contributed by atoms with E-state index < -0.39 is 23.4 Å². The maximum Gasteiger partial charge on any atom is 0.338 e. The SMILES string of the molecule is CC[C@H](C)c1ccccc1NC(=O)COC(=O)c1ccc(OC)c([N+](=O)[O-])c1. The van der Waals surface area contributed by atoms with Crippen molar-refractivity contribution >= 4 is 23.3 Å². The predicted octanol–water partition coefficient (Wildman–Crippen LogP) is 3.91. The van der Waals surface area contributed by atoms with Crippen LogP contribution in [0, 0.1) is 10.1 Å². The zero-order valence-corrected chi connectivity index (χ0v) is 15.9. The number of ether oxygens (including phenoxy) is 2. The highest BCUT2D eigenvalue weighted by Crippen LogP contribution is 2.28. The molecule has 0 aromatic heterocycles. The number of hydrogen-bond acceptors (Lipinski definition) is 6. The number of benzene rings is 2. The van der Waals surface area contributed by atoms with Crippen molar-refractivity contribution < 1.29 is 24.0 Å². The van der Waals surface area contributed by atoms with E-state index in [0.717, 1.165) is 18.1 Å². The molecule has 2 rings (SSSR count). The molecular formula is C20H22N2O6. The zero-order chi connectivity index (χ0) is 20.7. The van der Waals surface area contributed by atoms with E-state index in [1.54, 1.807) is 6.07 Å². The van der Waals surface area contributed by atoms with Crippen LogP contribution in [-0.2, 0) is 9.53 Å². The number of rotatable bonds is 8. The van der Waals surface area contributed by atoms with Gasteiger partial charge < -0.3 is 14.8 Å². The van der Waals surface area contributed by atoms with E-state index in [1.807, 2.05) is 18.2 Å². The molecule has 1 amide bonds. The first-order valence-electron chi connectivity index (χ1n) is 8.75. The Kier molecular flexibility index (Phi) is 7.08. The molecule has 1 atom stereocenters. The molecule has 0 saturated carbocycles. The van der Waals surface area contributed by atoms with Gasteiger partial charge in [-0.2, -0.15) is 0 Å². The highest BCUT2D eigenvalue weighted by atomic mass is 16.6. The Morgan fingerprint density at radius 2 is 1.93 bits per heavy atom. The number of amides is 1. The second-order valence-electron chi connectivity index (χ2n) is 6.16. The first-order chi connectivity index (χ1) is 13.4. The highest BCUT2D eigenvalue weighted by molar-refractivity contribution is 5.96. The fourth-order valence-corrected chi connectivity index (χ4v) is 2.62. The number of hydrogen-bond donors (Lipinski definition) is 1. The topological polar surface area (TPSA) is 108 Å². The summed E-state index contributed by atoms with van der Waals surface area (Å²) in [5.41, 5.74) is 1.26. The van der Waals surface area contributed by atoms with Crippen molar-refractivity contribution in [2.45, 2.75) is 26.2 Å². The summed E-state index contributed by atoms with van der Waals surface area (Å²) in [7, 11) is 1.29. The number of nitrogens with zero attached hydrogens (tertiary/aromatic N) is 1. The van der Waals surface area contributed by atoms with Gasteiger partial charge in [0.15, 0.2) is 12.4 Å². The van der Waals surface area contributed by atoms with Crippen molar-refractivity contribution in [3.8, 4) is 5.75 Å². The Morgan fingerprint density at radius 1 is 1.21 bits per heavy atom. The summed E-state index contributed by atoms with van der Waals surface area (Å²) in [5.74, 6) is -1.04. The molecule has 148 valence electrons. The van der Waals surface area contributed by atoms with Crippen molar-refractivity contribution in [1.82, 2.24) is 0 Å². The minimum atomic E-state index is -0.837. The Bertz CT molecular complexity index is 881. The molecule has 0 unspecified atom stereocenters. The lowest BCUT2D eigenvalue weighted by Crippen LogP contribution is -2.21. The van der Waals surface area contributed by atoms with Crippen LogP contribution in [0.25, 0.3) is 0 Å². The molecule has 2 aromatic carbocycles. The number of carbonyl (C=O) groups is 2. The molecule has 0 saturated heterocycles. The fourth-order valence-electron chi connectivity index (χ4n) is 2.62. The van der Waals surface area contributed by atoms with Gasteiger partial charge in [0, 0.05) is 11.8 Å². The number of nitrogens with one attached hydrogen (secondary N) is 1. The van der Waals surface area contributed by atoms with Gasteiger partial charge in [0.25, 0.3) is 5.91 Å². The Hall–Kier alpha value is -3.42. The Balaban J connectivity index is 2.03. The minimum absolute atomic E-state index is 0.0287. The normalized spacial score (nSPS) is 11.4. The number of esters is 1. The van der Waals surface area contributed by atoms with E-state index in [4.69, 9.17) is 9.47 Å². The number of anilines is 1. The van der Waals surface area contributed by atoms with Crippen LogP contribution in [0.15, 0.2) is 42.5 Å². The van der Waals surface area contributed by atoms with Gasteiger partial charge >= 0.3 is 11.7 Å². The number of carbonyl (C=O) groups excluding carboxylic acids is 2. The molecule has 8 heteroatoms. The molecule has 0 spiro atoms. The van der Waals surface area contributed by atoms with Crippen LogP contribution in [0.3, 0.4) is 0 Å². The molecule has 0 bridgehead atoms. The van der Waals surface area contributed by atoms with Gasteiger partial charge in [-0.05, 0) is 36.1 Å². The summed E-state index contributed by atoms with van der Waals surface area (Å²) >= 11 is 0. The van der Waals surface area contributed by atoms with Gasteiger partial charge in [0.1, 0.15) is 0 Å². The summed E-state index contributed by atoms with van der Waals surface area (Å²) in [6, 6.07) is 11.1. The van der Waals surface area contributed by atoms with E-state index in [2.05, 4.69) is 19.2 Å². The molecule has 0 aliphatic heterocycles. The van der Waals surface area contributed by atoms with E-state index in [1.165, 1.54) is 19.2 Å². The molecule has 0 fully saturated rings. The van der Waals surface area contributed by atoms with Crippen LogP contribution in [0.4, 0.5) is 11.4 Å². The minimum Gasteiger partial charge on any atom is -0.490 e. The average molecular weight is 386 g/mol. The molecule has 1 N–H and O–H groups in total. The number of nitro benzene ring substituents is 1. The third kappa shape index (κ3) is 5.06. The van der Waals surface area contributed by atoms with Crippen LogP contribution in [0.2, 0.25) is 0 Å². The summed E-state index contributed by atoms with van der Waals surface area (Å²) < 4.78 is 9.87. The largest absolute Gasteiger partial charge is 0.490 e. The molecule has 2 aromatic rings. The molecule has 28 heavy (non-hydrogen) atoms. The van der Waals surface area contributed by atoms with Crippen LogP contribution in [-0.4, -0.2) is 30.5 Å². The molecule has 0 aliphatic carbocycles. The van der Waals surface area contributed by atoms with Crippen molar-refractivity contribution in [3.05, 3.63) is 63.7 Å². The number of para-hydroxylation sites is 1. The van der Waals surface area contributed by atoms with Crippen molar-refractivity contribution in [1.29, 1.82) is 0 Å². The van der Waals surface area contributed by atoms with Crippen LogP contribution in [0.1, 0.15) is 42.1 Å². The van der Waals surface area contributed by atoms with Crippen LogP contribution < -0.4 is 10.1 Å². The van der Waals surface area contributed by atoms with Crippen molar-refractivity contribution in [2.24, 2.45) is 0 Å². The van der Waals surface area contributed by atoms with Gasteiger partial charge in [-0.25, -0.2) is 4.79 Å². The van der Waals surface area contributed by atoms with Crippen molar-refractivity contribution in [2.75, 3.05) is 19.0 Å². The first-order valence-corrected chi connectivity index (χ1v) is 8.75. The van der Waals surface area contributed by atoms with Gasteiger partial charge in [0.05, 0.1) is 17.6 Å². The Morgan fingerprint density at radius 3 is 2.57 bits per heavy atom. The van der Waals surface area contributed by atoms with E-state index in [0.29, 0.717) is 5.69 Å². The van der Waals surface area contributed by atoms with Gasteiger partial charge in [-0.3, -0.25) is 14.9 Å². The Labute approximate surface area is 162 Å². The lowest BCUT2D eigenvalue weighted by molar-refractivity contribution is -0.385. The fraction of sp³-hybridized carbons (Fsp3) is 0.300. The number of methoxy groups -OCH3 is 1. The smallest absolute Gasteiger partial charge is 0.338 e. The second kappa shape index (κ2) is 9.50. The van der Waals surface area contributed by atoms with E-state index >= 15 is 0 Å². The second-order valence-corrected chi connectivity index (χ2v) is 6.16. The average Bonchev–Trinajstić information content (AvgIpc) is 2.71. The third-order valence-electron chi connectivity index (χ3n) is 4.32. The van der Waals surface area contributed by atoms with Crippen molar-refractivity contribution in [3.63, 3.8) is 0 Å². The molecule has 0 radical (unpaired) electrons. The summed E-state index contributed by atoms with van der Waals surface area (Å²) in [4.78, 5) is 34.7. The van der Waals surface area contributed by atoms with Gasteiger partial charge in [0.2, 0.25) is 0 Å². The lowest BCUT2D eigenvalue weighted by atomic mass is 9.97.